The molecule has 1 aromatic rings. The Balaban J connectivity index is 2.94. The number of hydrogen-bond acceptors (Lipinski definition) is 2. The van der Waals surface area contributed by atoms with E-state index in [0.29, 0.717) is 5.56 Å². The molecule has 0 aliphatic rings. The molecule has 0 fully saturated rings. The van der Waals surface area contributed by atoms with E-state index in [9.17, 15) is 13.2 Å². The van der Waals surface area contributed by atoms with Crippen LogP contribution in [0.3, 0.4) is 0 Å². The lowest BCUT2D eigenvalue weighted by atomic mass is 10.1. The molecule has 0 amide bonds. The van der Waals surface area contributed by atoms with Gasteiger partial charge in [0.25, 0.3) is 6.43 Å². The van der Waals surface area contributed by atoms with E-state index in [-0.39, 0.29) is 6.42 Å². The summed E-state index contributed by atoms with van der Waals surface area (Å²) in [7, 11) is 0. The third-order valence-corrected chi connectivity index (χ3v) is 1.74. The molecular weight excluding hydrogens is 195 g/mol. The normalized spacial score (nSPS) is 13.3. The molecule has 0 aromatic heterocycles. The minimum Gasteiger partial charge on any atom is -0.378 e. The monoisotopic (exact) mass is 205 g/mol. The lowest BCUT2D eigenvalue weighted by molar-refractivity contribution is 0.145. The van der Waals surface area contributed by atoms with E-state index < -0.39 is 24.0 Å². The first kappa shape index (κ1) is 11.0. The van der Waals surface area contributed by atoms with Crippen LogP contribution in [0.25, 0.3) is 0 Å². The van der Waals surface area contributed by atoms with Crippen molar-refractivity contribution in [3.05, 3.63) is 35.1 Å². The van der Waals surface area contributed by atoms with Crippen molar-refractivity contribution in [2.45, 2.75) is 19.1 Å². The Kier molecular flexibility index (Phi) is 3.49. The number of nitrogens with two attached hydrogens (primary N) is 1. The first-order chi connectivity index (χ1) is 6.50. The van der Waals surface area contributed by atoms with E-state index in [0.717, 1.165) is 12.1 Å². The highest BCUT2D eigenvalue weighted by molar-refractivity contribution is 5.26. The van der Waals surface area contributed by atoms with Crippen LogP contribution in [0.5, 0.6) is 0 Å². The Morgan fingerprint density at radius 3 is 2.50 bits per heavy atom. The SMILES string of the molecule is NC(O)Cc1ccc(F)c(C(F)F)c1. The van der Waals surface area contributed by atoms with Gasteiger partial charge in [-0.2, -0.15) is 0 Å². The summed E-state index contributed by atoms with van der Waals surface area (Å²) >= 11 is 0. The molecular formula is C9H10F3NO. The Morgan fingerprint density at radius 1 is 1.36 bits per heavy atom. The molecule has 1 unspecified atom stereocenters. The molecule has 2 nitrogen and oxygen atoms in total. The minimum absolute atomic E-state index is 0.0278. The van der Waals surface area contributed by atoms with Gasteiger partial charge in [0.15, 0.2) is 0 Å². The van der Waals surface area contributed by atoms with Crippen molar-refractivity contribution >= 4 is 0 Å². The molecule has 1 aromatic carbocycles. The summed E-state index contributed by atoms with van der Waals surface area (Å²) in [6.07, 6.45) is -3.95. The third-order valence-electron chi connectivity index (χ3n) is 1.74. The van der Waals surface area contributed by atoms with Crippen LogP contribution in [0, 0.1) is 5.82 Å². The molecule has 0 aliphatic heterocycles. The zero-order valence-corrected chi connectivity index (χ0v) is 7.25. The Morgan fingerprint density at radius 2 is 2.00 bits per heavy atom. The average Bonchev–Trinajstić information content (AvgIpc) is 2.07. The molecule has 0 aliphatic carbocycles. The largest absolute Gasteiger partial charge is 0.378 e. The van der Waals surface area contributed by atoms with Gasteiger partial charge in [0.2, 0.25) is 0 Å². The highest BCUT2D eigenvalue weighted by Gasteiger charge is 2.14. The summed E-state index contributed by atoms with van der Waals surface area (Å²) in [4.78, 5) is 0. The van der Waals surface area contributed by atoms with Crippen LogP contribution in [-0.2, 0) is 6.42 Å². The van der Waals surface area contributed by atoms with E-state index in [1.165, 1.54) is 6.07 Å². The maximum absolute atomic E-state index is 12.8. The quantitative estimate of drug-likeness (QED) is 0.736. The fraction of sp³-hybridized carbons (Fsp3) is 0.333. The second-order valence-corrected chi connectivity index (χ2v) is 2.93. The first-order valence-corrected chi connectivity index (χ1v) is 4.01. The number of benzene rings is 1. The van der Waals surface area contributed by atoms with Gasteiger partial charge in [-0.15, -0.1) is 0 Å². The van der Waals surface area contributed by atoms with Crippen LogP contribution in [0.4, 0.5) is 13.2 Å². The molecule has 0 saturated carbocycles. The summed E-state index contributed by atoms with van der Waals surface area (Å²) < 4.78 is 37.2. The Hall–Kier alpha value is -1.07. The molecule has 1 atom stereocenters. The summed E-state index contributed by atoms with van der Waals surface area (Å²) in [6.45, 7) is 0. The molecule has 78 valence electrons. The van der Waals surface area contributed by atoms with Gasteiger partial charge in [-0.3, -0.25) is 0 Å². The molecule has 0 radical (unpaired) electrons. The van der Waals surface area contributed by atoms with E-state index in [4.69, 9.17) is 10.8 Å². The van der Waals surface area contributed by atoms with Crippen molar-refractivity contribution < 1.29 is 18.3 Å². The standard InChI is InChI=1S/C9H10F3NO/c10-7-2-1-5(4-8(13)14)3-6(7)9(11)12/h1-3,8-9,14H,4,13H2. The van der Waals surface area contributed by atoms with Crippen LogP contribution in [-0.4, -0.2) is 11.3 Å². The lowest BCUT2D eigenvalue weighted by Gasteiger charge is -2.07. The molecule has 0 bridgehead atoms. The zero-order valence-electron chi connectivity index (χ0n) is 7.25. The second kappa shape index (κ2) is 4.43. The van der Waals surface area contributed by atoms with Gasteiger partial charge < -0.3 is 10.8 Å². The molecule has 0 heterocycles. The predicted molar refractivity (Wildman–Crippen MR) is 45.3 cm³/mol. The summed E-state index contributed by atoms with van der Waals surface area (Å²) in [6, 6.07) is 3.27. The Bertz CT molecular complexity index is 315. The predicted octanol–water partition coefficient (Wildman–Crippen LogP) is 1.58. The average molecular weight is 205 g/mol. The zero-order chi connectivity index (χ0) is 10.7. The van der Waals surface area contributed by atoms with Gasteiger partial charge in [-0.05, 0) is 17.7 Å². The van der Waals surface area contributed by atoms with Gasteiger partial charge >= 0.3 is 0 Å². The topological polar surface area (TPSA) is 46.2 Å². The van der Waals surface area contributed by atoms with Crippen LogP contribution in [0.15, 0.2) is 18.2 Å². The summed E-state index contributed by atoms with van der Waals surface area (Å²) in [5.41, 5.74) is 4.79. The van der Waals surface area contributed by atoms with Crippen LogP contribution < -0.4 is 5.73 Å². The number of rotatable bonds is 3. The van der Waals surface area contributed by atoms with Crippen LogP contribution in [0.2, 0.25) is 0 Å². The Labute approximate surface area is 79.2 Å². The van der Waals surface area contributed by atoms with Crippen molar-refractivity contribution in [1.29, 1.82) is 0 Å². The lowest BCUT2D eigenvalue weighted by Crippen LogP contribution is -2.21. The minimum atomic E-state index is -2.86. The fourth-order valence-electron chi connectivity index (χ4n) is 1.13. The summed E-state index contributed by atoms with van der Waals surface area (Å²) in [5.74, 6) is -0.949. The van der Waals surface area contributed by atoms with Gasteiger partial charge in [-0.25, -0.2) is 13.2 Å². The van der Waals surface area contributed by atoms with Crippen molar-refractivity contribution in [1.82, 2.24) is 0 Å². The highest BCUT2D eigenvalue weighted by Crippen LogP contribution is 2.23. The maximum atomic E-state index is 12.8. The molecule has 0 saturated heterocycles. The van der Waals surface area contributed by atoms with E-state index >= 15 is 0 Å². The van der Waals surface area contributed by atoms with Crippen molar-refractivity contribution in [3.63, 3.8) is 0 Å². The maximum Gasteiger partial charge on any atom is 0.266 e. The van der Waals surface area contributed by atoms with Crippen molar-refractivity contribution in [2.75, 3.05) is 0 Å². The summed E-state index contributed by atoms with van der Waals surface area (Å²) in [5, 5.41) is 8.80. The second-order valence-electron chi connectivity index (χ2n) is 2.93. The van der Waals surface area contributed by atoms with Crippen molar-refractivity contribution in [3.8, 4) is 0 Å². The first-order valence-electron chi connectivity index (χ1n) is 4.01. The van der Waals surface area contributed by atoms with Crippen LogP contribution >= 0.6 is 0 Å². The van der Waals surface area contributed by atoms with Gasteiger partial charge in [0.05, 0.1) is 5.56 Å². The van der Waals surface area contributed by atoms with E-state index in [1.54, 1.807) is 0 Å². The molecule has 0 spiro atoms. The third kappa shape index (κ3) is 2.71. The molecule has 14 heavy (non-hydrogen) atoms. The van der Waals surface area contributed by atoms with Crippen LogP contribution in [0.1, 0.15) is 17.6 Å². The number of aliphatic hydroxyl groups is 1. The number of aliphatic hydroxyl groups excluding tert-OH is 1. The number of alkyl halides is 2. The number of halogens is 3. The highest BCUT2D eigenvalue weighted by atomic mass is 19.3. The van der Waals surface area contributed by atoms with Gasteiger partial charge in [0, 0.05) is 6.42 Å². The van der Waals surface area contributed by atoms with Gasteiger partial charge in [0.1, 0.15) is 12.0 Å². The fourth-order valence-corrected chi connectivity index (χ4v) is 1.13. The van der Waals surface area contributed by atoms with Crippen molar-refractivity contribution in [2.24, 2.45) is 5.73 Å². The number of hydrogen-bond donors (Lipinski definition) is 2. The molecule has 1 rings (SSSR count). The smallest absolute Gasteiger partial charge is 0.266 e. The van der Waals surface area contributed by atoms with E-state index in [2.05, 4.69) is 0 Å². The van der Waals surface area contributed by atoms with Gasteiger partial charge in [-0.1, -0.05) is 6.07 Å². The molecule has 5 heteroatoms. The molecule has 3 N–H and O–H groups in total. The van der Waals surface area contributed by atoms with E-state index in [1.807, 2.05) is 0 Å².